The maximum Gasteiger partial charge on any atom is 1.00 e. The minimum atomic E-state index is -1.05. The SMILES string of the molecule is O=C([O-])CCNc1cccc(/C=C/c2nc(-c3ccccc3)cs2)c1.[Na+]. The molecule has 0 unspecified atom stereocenters. The summed E-state index contributed by atoms with van der Waals surface area (Å²) in [6, 6.07) is 17.9. The number of carbonyl (C=O) groups excluding carboxylic acids is 1. The van der Waals surface area contributed by atoms with Gasteiger partial charge in [0, 0.05) is 35.6 Å². The second-order valence-corrected chi connectivity index (χ2v) is 6.33. The first-order valence-corrected chi connectivity index (χ1v) is 8.81. The topological polar surface area (TPSA) is 65.0 Å². The zero-order chi connectivity index (χ0) is 17.5. The Labute approximate surface area is 178 Å². The van der Waals surface area contributed by atoms with Gasteiger partial charge in [0.15, 0.2) is 0 Å². The van der Waals surface area contributed by atoms with Gasteiger partial charge in [-0.3, -0.25) is 0 Å². The van der Waals surface area contributed by atoms with Crippen LogP contribution in [0.3, 0.4) is 0 Å². The van der Waals surface area contributed by atoms with Crippen LogP contribution in [0, 0.1) is 0 Å². The van der Waals surface area contributed by atoms with E-state index >= 15 is 0 Å². The maximum atomic E-state index is 10.5. The molecule has 0 aliphatic rings. The van der Waals surface area contributed by atoms with Gasteiger partial charge in [-0.1, -0.05) is 48.5 Å². The van der Waals surface area contributed by atoms with Crippen LogP contribution >= 0.6 is 11.3 Å². The predicted octanol–water partition coefficient (Wildman–Crippen LogP) is 0.536. The number of rotatable bonds is 7. The number of anilines is 1. The summed E-state index contributed by atoms with van der Waals surface area (Å²) in [5.41, 5.74) is 3.99. The van der Waals surface area contributed by atoms with Gasteiger partial charge in [-0.25, -0.2) is 4.98 Å². The van der Waals surface area contributed by atoms with E-state index in [0.717, 1.165) is 27.5 Å². The normalized spacial score (nSPS) is 10.5. The van der Waals surface area contributed by atoms with Crippen molar-refractivity contribution < 1.29 is 39.5 Å². The van der Waals surface area contributed by atoms with Gasteiger partial charge in [-0.05, 0) is 23.8 Å². The zero-order valence-corrected chi connectivity index (χ0v) is 17.3. The number of carboxylic acids is 1. The Hall–Kier alpha value is -1.92. The summed E-state index contributed by atoms with van der Waals surface area (Å²) >= 11 is 1.60. The van der Waals surface area contributed by atoms with Gasteiger partial charge in [0.2, 0.25) is 0 Å². The van der Waals surface area contributed by atoms with Crippen molar-refractivity contribution in [2.75, 3.05) is 11.9 Å². The molecule has 3 rings (SSSR count). The van der Waals surface area contributed by atoms with Crippen LogP contribution in [0.25, 0.3) is 23.4 Å². The maximum absolute atomic E-state index is 10.5. The molecule has 0 radical (unpaired) electrons. The van der Waals surface area contributed by atoms with E-state index in [1.54, 1.807) is 11.3 Å². The molecule has 0 bridgehead atoms. The van der Waals surface area contributed by atoms with Crippen molar-refractivity contribution in [3.8, 4) is 11.3 Å². The van der Waals surface area contributed by atoms with Crippen LogP contribution in [0.15, 0.2) is 60.0 Å². The Morgan fingerprint density at radius 2 is 1.92 bits per heavy atom. The fourth-order valence-electron chi connectivity index (χ4n) is 2.33. The number of carboxylic acid groups (broad SMARTS) is 1. The number of aromatic nitrogens is 1. The Balaban J connectivity index is 0.00000243. The first-order valence-electron chi connectivity index (χ1n) is 7.93. The molecular formula is C20H17N2NaO2S. The van der Waals surface area contributed by atoms with Crippen molar-refractivity contribution in [1.82, 2.24) is 4.98 Å². The third-order valence-electron chi connectivity index (χ3n) is 3.55. The van der Waals surface area contributed by atoms with Gasteiger partial charge in [-0.2, -0.15) is 0 Å². The number of thiazole rings is 1. The van der Waals surface area contributed by atoms with Gasteiger partial charge in [-0.15, -0.1) is 11.3 Å². The summed E-state index contributed by atoms with van der Waals surface area (Å²) in [6.45, 7) is 0.350. The molecule has 4 nitrogen and oxygen atoms in total. The minimum Gasteiger partial charge on any atom is -0.550 e. The third kappa shape index (κ3) is 6.11. The number of nitrogens with one attached hydrogen (secondary N) is 1. The van der Waals surface area contributed by atoms with E-state index in [0.29, 0.717) is 6.54 Å². The van der Waals surface area contributed by atoms with Gasteiger partial charge >= 0.3 is 29.6 Å². The van der Waals surface area contributed by atoms with Gasteiger partial charge < -0.3 is 15.2 Å². The average Bonchev–Trinajstić information content (AvgIpc) is 3.10. The van der Waals surface area contributed by atoms with E-state index in [1.807, 2.05) is 72.1 Å². The second-order valence-electron chi connectivity index (χ2n) is 5.44. The predicted molar refractivity (Wildman–Crippen MR) is 101 cm³/mol. The summed E-state index contributed by atoms with van der Waals surface area (Å²) in [6.07, 6.45) is 3.97. The van der Waals surface area contributed by atoms with Crippen LogP contribution in [-0.4, -0.2) is 17.5 Å². The van der Waals surface area contributed by atoms with Crippen molar-refractivity contribution in [2.24, 2.45) is 0 Å². The van der Waals surface area contributed by atoms with Crippen molar-refractivity contribution >= 4 is 35.1 Å². The van der Waals surface area contributed by atoms with Crippen molar-refractivity contribution in [2.45, 2.75) is 6.42 Å². The molecule has 0 saturated heterocycles. The fraction of sp³-hybridized carbons (Fsp3) is 0.100. The molecule has 0 fully saturated rings. The van der Waals surface area contributed by atoms with Crippen LogP contribution in [0.5, 0.6) is 0 Å². The molecule has 1 N–H and O–H groups in total. The Kier molecular flexibility index (Phi) is 8.06. The fourth-order valence-corrected chi connectivity index (χ4v) is 3.05. The van der Waals surface area contributed by atoms with Crippen molar-refractivity contribution in [1.29, 1.82) is 0 Å². The molecule has 1 aromatic heterocycles. The first-order chi connectivity index (χ1) is 12.2. The summed E-state index contributed by atoms with van der Waals surface area (Å²) in [5.74, 6) is -1.05. The molecule has 0 atom stereocenters. The van der Waals surface area contributed by atoms with Crippen LogP contribution in [0.1, 0.15) is 17.0 Å². The molecule has 2 aromatic carbocycles. The number of nitrogens with zero attached hydrogens (tertiary/aromatic N) is 1. The van der Waals surface area contributed by atoms with Crippen molar-refractivity contribution in [3.63, 3.8) is 0 Å². The number of hydrogen-bond donors (Lipinski definition) is 1. The molecule has 0 aliphatic heterocycles. The minimum absolute atomic E-state index is 0. The summed E-state index contributed by atoms with van der Waals surface area (Å²) in [7, 11) is 0. The summed E-state index contributed by atoms with van der Waals surface area (Å²) in [4.78, 5) is 15.1. The monoisotopic (exact) mass is 372 g/mol. The van der Waals surface area contributed by atoms with Gasteiger partial charge in [0.25, 0.3) is 0 Å². The van der Waals surface area contributed by atoms with E-state index < -0.39 is 5.97 Å². The van der Waals surface area contributed by atoms with E-state index in [-0.39, 0.29) is 36.0 Å². The van der Waals surface area contributed by atoms with E-state index in [2.05, 4.69) is 10.3 Å². The molecule has 1 heterocycles. The van der Waals surface area contributed by atoms with Crippen LogP contribution < -0.4 is 40.0 Å². The summed E-state index contributed by atoms with van der Waals surface area (Å²) in [5, 5.41) is 16.5. The number of aliphatic carboxylic acids is 1. The van der Waals surface area contributed by atoms with Gasteiger partial charge in [0.05, 0.1) is 5.69 Å². The van der Waals surface area contributed by atoms with Crippen LogP contribution in [0.2, 0.25) is 0 Å². The largest absolute Gasteiger partial charge is 1.00 e. The first kappa shape index (κ1) is 20.4. The third-order valence-corrected chi connectivity index (χ3v) is 4.36. The Bertz CT molecular complexity index is 878. The van der Waals surface area contributed by atoms with E-state index in [4.69, 9.17) is 0 Å². The van der Waals surface area contributed by atoms with Crippen LogP contribution in [-0.2, 0) is 4.79 Å². The molecule has 0 amide bonds. The molecule has 3 aromatic rings. The van der Waals surface area contributed by atoms with Crippen LogP contribution in [0.4, 0.5) is 5.69 Å². The molecule has 0 aliphatic carbocycles. The van der Waals surface area contributed by atoms with Crippen molar-refractivity contribution in [3.05, 3.63) is 70.5 Å². The Morgan fingerprint density at radius 3 is 2.69 bits per heavy atom. The molecule has 0 saturated carbocycles. The standard InChI is InChI=1S/C20H18N2O2S.Na/c23-20(24)11-12-21-17-8-4-5-15(13-17)9-10-19-22-18(14-25-19)16-6-2-1-3-7-16;/h1-10,13-14,21H,11-12H2,(H,23,24);/q;+1/p-1/b10-9+;. The number of benzene rings is 2. The molecule has 26 heavy (non-hydrogen) atoms. The molecular weight excluding hydrogens is 355 g/mol. The molecule has 6 heteroatoms. The smallest absolute Gasteiger partial charge is 0.550 e. The summed E-state index contributed by atoms with van der Waals surface area (Å²) < 4.78 is 0. The van der Waals surface area contributed by atoms with Gasteiger partial charge in [0.1, 0.15) is 5.01 Å². The Morgan fingerprint density at radius 1 is 1.12 bits per heavy atom. The zero-order valence-electron chi connectivity index (χ0n) is 14.5. The number of hydrogen-bond acceptors (Lipinski definition) is 5. The van der Waals surface area contributed by atoms with E-state index in [1.165, 1.54) is 0 Å². The van der Waals surface area contributed by atoms with E-state index in [9.17, 15) is 9.90 Å². The quantitative estimate of drug-likeness (QED) is 0.615. The number of carbonyl (C=O) groups is 1. The molecule has 126 valence electrons. The molecule has 0 spiro atoms. The second kappa shape index (κ2) is 10.3. The average molecular weight is 372 g/mol.